The van der Waals surface area contributed by atoms with E-state index in [2.05, 4.69) is 0 Å². The highest BCUT2D eigenvalue weighted by Gasteiger charge is 2.52. The predicted molar refractivity (Wildman–Crippen MR) is 98.0 cm³/mol. The number of hydrogen-bond acceptors (Lipinski definition) is 3. The Morgan fingerprint density at radius 3 is 1.96 bits per heavy atom. The minimum absolute atomic E-state index is 0.0612. The third-order valence-corrected chi connectivity index (χ3v) is 9.24. The first-order chi connectivity index (χ1) is 12.4. The number of aryl methyl sites for hydroxylation is 1. The molecule has 0 saturated heterocycles. The van der Waals surface area contributed by atoms with E-state index in [9.17, 15) is 26.0 Å². The molecule has 0 radical (unpaired) electrons. The minimum Gasteiger partial charge on any atom is -0.238 e. The van der Waals surface area contributed by atoms with Crippen LogP contribution < -0.4 is 0 Å². The summed E-state index contributed by atoms with van der Waals surface area (Å²) in [6.45, 7) is 6.95. The summed E-state index contributed by atoms with van der Waals surface area (Å²) in [7, 11) is -9.62. The first kappa shape index (κ1) is 21.7. The SMILES string of the molecule is Cc1cc(S(CF)(OS(=O)(=O)C(F)(F)F)c2ccccc2)c(C)c(C)c1C. The molecule has 2 aromatic carbocycles. The average Bonchev–Trinajstić information content (AvgIpc) is 2.61. The zero-order valence-electron chi connectivity index (χ0n) is 15.2. The van der Waals surface area contributed by atoms with Crippen LogP contribution in [0.5, 0.6) is 0 Å². The summed E-state index contributed by atoms with van der Waals surface area (Å²) in [5.74, 6) is 0. The topological polar surface area (TPSA) is 43.4 Å². The lowest BCUT2D eigenvalue weighted by atomic mass is 10.00. The van der Waals surface area contributed by atoms with Crippen LogP contribution >= 0.6 is 10.3 Å². The normalized spacial score (nSPS) is 16.0. The van der Waals surface area contributed by atoms with Gasteiger partial charge >= 0.3 is 15.6 Å². The summed E-state index contributed by atoms with van der Waals surface area (Å²) < 4.78 is 81.9. The third kappa shape index (κ3) is 3.86. The Morgan fingerprint density at radius 2 is 1.48 bits per heavy atom. The van der Waals surface area contributed by atoms with Crippen molar-refractivity contribution in [1.82, 2.24) is 0 Å². The van der Waals surface area contributed by atoms with E-state index in [0.717, 1.165) is 11.1 Å². The summed E-state index contributed by atoms with van der Waals surface area (Å²) in [6.07, 6.45) is 0. The summed E-state index contributed by atoms with van der Waals surface area (Å²) in [6, 6.07) is 7.47. The zero-order valence-corrected chi connectivity index (χ0v) is 16.9. The molecule has 2 rings (SSSR count). The first-order valence-corrected chi connectivity index (χ1v) is 11.0. The molecule has 0 N–H and O–H groups in total. The van der Waals surface area contributed by atoms with E-state index in [-0.39, 0.29) is 9.79 Å². The second kappa shape index (κ2) is 7.44. The van der Waals surface area contributed by atoms with Crippen molar-refractivity contribution in [3.63, 3.8) is 0 Å². The van der Waals surface area contributed by atoms with Crippen molar-refractivity contribution in [2.75, 3.05) is 6.01 Å². The van der Waals surface area contributed by atoms with Crippen molar-refractivity contribution in [3.8, 4) is 0 Å². The molecular formula is C18H20F4O3S2. The van der Waals surface area contributed by atoms with Gasteiger partial charge in [-0.2, -0.15) is 21.6 Å². The van der Waals surface area contributed by atoms with E-state index in [1.165, 1.54) is 30.3 Å². The molecule has 0 aliphatic heterocycles. The Morgan fingerprint density at radius 1 is 0.926 bits per heavy atom. The predicted octanol–water partition coefficient (Wildman–Crippen LogP) is 5.85. The Labute approximate surface area is 158 Å². The van der Waals surface area contributed by atoms with Gasteiger partial charge in [0.15, 0.2) is 0 Å². The van der Waals surface area contributed by atoms with Gasteiger partial charge < -0.3 is 0 Å². The molecule has 9 heteroatoms. The molecule has 0 bridgehead atoms. The molecule has 0 saturated carbocycles. The van der Waals surface area contributed by atoms with Gasteiger partial charge in [0.05, 0.1) is 0 Å². The van der Waals surface area contributed by atoms with Gasteiger partial charge in [-0.1, -0.05) is 18.2 Å². The van der Waals surface area contributed by atoms with Gasteiger partial charge in [0.1, 0.15) is 6.01 Å². The monoisotopic (exact) mass is 424 g/mol. The Hall–Kier alpha value is -1.58. The lowest BCUT2D eigenvalue weighted by Crippen LogP contribution is -2.28. The fraction of sp³-hybridized carbons (Fsp3) is 0.333. The largest absolute Gasteiger partial charge is 0.523 e. The minimum atomic E-state index is -6.02. The molecule has 1 unspecified atom stereocenters. The Bertz CT molecular complexity index is 941. The fourth-order valence-corrected chi connectivity index (χ4v) is 7.09. The summed E-state index contributed by atoms with van der Waals surface area (Å²) in [4.78, 5) is 0.190. The van der Waals surface area contributed by atoms with Crippen molar-refractivity contribution in [2.24, 2.45) is 0 Å². The second-order valence-electron chi connectivity index (χ2n) is 6.13. The molecule has 3 nitrogen and oxygen atoms in total. The molecule has 2 aromatic rings. The molecule has 0 aromatic heterocycles. The van der Waals surface area contributed by atoms with Crippen LogP contribution in [0.2, 0.25) is 0 Å². The van der Waals surface area contributed by atoms with E-state index >= 15 is 0 Å². The Balaban J connectivity index is 2.88. The van der Waals surface area contributed by atoms with E-state index in [1.54, 1.807) is 26.8 Å². The van der Waals surface area contributed by atoms with Crippen LogP contribution in [0.4, 0.5) is 17.6 Å². The van der Waals surface area contributed by atoms with Gasteiger partial charge in [0.2, 0.25) is 0 Å². The van der Waals surface area contributed by atoms with Crippen molar-refractivity contribution < 1.29 is 29.6 Å². The van der Waals surface area contributed by atoms with Crippen LogP contribution in [-0.2, 0) is 13.7 Å². The fourth-order valence-electron chi connectivity index (χ4n) is 2.69. The van der Waals surface area contributed by atoms with Crippen molar-refractivity contribution in [1.29, 1.82) is 0 Å². The van der Waals surface area contributed by atoms with Gasteiger partial charge in [0, 0.05) is 9.79 Å². The van der Waals surface area contributed by atoms with Gasteiger partial charge in [-0.05, 0) is 78.5 Å². The van der Waals surface area contributed by atoms with Gasteiger partial charge in [0.25, 0.3) is 0 Å². The maximum atomic E-state index is 14.4. The summed E-state index contributed by atoms with van der Waals surface area (Å²) >= 11 is 0. The Kier molecular flexibility index (Phi) is 5.99. The van der Waals surface area contributed by atoms with E-state index < -0.39 is 31.9 Å². The lowest BCUT2D eigenvalue weighted by Gasteiger charge is -2.38. The molecule has 0 heterocycles. The van der Waals surface area contributed by atoms with Crippen LogP contribution in [0.1, 0.15) is 22.3 Å². The first-order valence-electron chi connectivity index (χ1n) is 7.89. The van der Waals surface area contributed by atoms with Crippen LogP contribution in [0.25, 0.3) is 0 Å². The zero-order chi connectivity index (χ0) is 20.6. The van der Waals surface area contributed by atoms with Gasteiger partial charge in [-0.3, -0.25) is 0 Å². The number of rotatable bonds is 5. The smallest absolute Gasteiger partial charge is 0.238 e. The molecule has 0 aliphatic rings. The second-order valence-corrected chi connectivity index (χ2v) is 10.5. The lowest BCUT2D eigenvalue weighted by molar-refractivity contribution is -0.0496. The van der Waals surface area contributed by atoms with E-state index in [4.69, 9.17) is 3.63 Å². The maximum absolute atomic E-state index is 14.4. The van der Waals surface area contributed by atoms with E-state index in [1.807, 2.05) is 6.92 Å². The highest BCUT2D eigenvalue weighted by atomic mass is 32.3. The third-order valence-electron chi connectivity index (χ3n) is 4.56. The molecule has 27 heavy (non-hydrogen) atoms. The summed E-state index contributed by atoms with van der Waals surface area (Å²) in [5.41, 5.74) is -2.79. The molecule has 0 spiro atoms. The van der Waals surface area contributed by atoms with Gasteiger partial charge in [-0.25, -0.2) is 8.02 Å². The van der Waals surface area contributed by atoms with Crippen molar-refractivity contribution >= 4 is 20.4 Å². The molecular weight excluding hydrogens is 404 g/mol. The molecule has 0 aliphatic carbocycles. The number of halogens is 4. The average molecular weight is 424 g/mol. The van der Waals surface area contributed by atoms with Crippen LogP contribution in [0.3, 0.4) is 0 Å². The van der Waals surface area contributed by atoms with Crippen LogP contribution in [-0.4, -0.2) is 19.9 Å². The van der Waals surface area contributed by atoms with Gasteiger partial charge in [-0.15, -0.1) is 0 Å². The number of alkyl halides is 4. The van der Waals surface area contributed by atoms with E-state index in [0.29, 0.717) is 11.1 Å². The molecule has 0 amide bonds. The quantitative estimate of drug-likeness (QED) is 0.447. The molecule has 150 valence electrons. The maximum Gasteiger partial charge on any atom is 0.523 e. The highest BCUT2D eigenvalue weighted by Crippen LogP contribution is 2.66. The van der Waals surface area contributed by atoms with Crippen molar-refractivity contribution in [2.45, 2.75) is 43.0 Å². The number of benzene rings is 2. The standard InChI is InChI=1S/C18H20F4O3S2/c1-12-10-17(15(4)14(3)13(12)2)26(11-19,16-8-6-5-7-9-16)25-27(23,24)18(20,21)22/h5-10H,11H2,1-4H3. The molecule has 1 atom stereocenters. The van der Waals surface area contributed by atoms with Crippen LogP contribution in [0, 0.1) is 27.7 Å². The number of hydrogen-bond donors (Lipinski definition) is 0. The highest BCUT2D eigenvalue weighted by molar-refractivity contribution is 8.33. The summed E-state index contributed by atoms with van der Waals surface area (Å²) in [5, 5.41) is 0. The van der Waals surface area contributed by atoms with Crippen molar-refractivity contribution in [3.05, 3.63) is 58.7 Å². The van der Waals surface area contributed by atoms with Crippen LogP contribution in [0.15, 0.2) is 46.2 Å². The molecule has 0 fully saturated rings.